The Bertz CT molecular complexity index is 473. The molecule has 0 aliphatic heterocycles. The van der Waals surface area contributed by atoms with Crippen LogP contribution in [0.5, 0.6) is 0 Å². The summed E-state index contributed by atoms with van der Waals surface area (Å²) in [6, 6.07) is 7.66. The lowest BCUT2D eigenvalue weighted by Gasteiger charge is -2.02. The Hall–Kier alpha value is -2.24. The molecule has 0 bridgehead atoms. The number of tetrazole rings is 1. The van der Waals surface area contributed by atoms with Crippen LogP contribution in [0.1, 0.15) is 12.5 Å². The molecule has 2 N–H and O–H groups in total. The van der Waals surface area contributed by atoms with Gasteiger partial charge in [0.25, 0.3) is 0 Å². The Morgan fingerprint density at radius 1 is 1.47 bits per heavy atom. The highest BCUT2D eigenvalue weighted by Gasteiger charge is 2.01. The van der Waals surface area contributed by atoms with Gasteiger partial charge < -0.3 is 5.84 Å². The number of nitrogens with zero attached hydrogens (tertiary/aromatic N) is 5. The smallest absolute Gasteiger partial charge is 0.143 e. The highest BCUT2D eigenvalue weighted by atomic mass is 15.5. The van der Waals surface area contributed by atoms with E-state index in [1.165, 1.54) is 6.33 Å². The molecule has 0 atom stereocenters. The number of nitrogens with two attached hydrogens (primary N) is 1. The molecule has 0 radical (unpaired) electrons. The van der Waals surface area contributed by atoms with Gasteiger partial charge in [0, 0.05) is 0 Å². The van der Waals surface area contributed by atoms with E-state index in [0.717, 1.165) is 17.0 Å². The molecule has 2 aromatic rings. The number of hydrogen-bond donors (Lipinski definition) is 1. The molecule has 0 fully saturated rings. The van der Waals surface area contributed by atoms with Crippen LogP contribution in [0.3, 0.4) is 0 Å². The highest BCUT2D eigenvalue weighted by Crippen LogP contribution is 2.09. The topological polar surface area (TPSA) is 82.0 Å². The molecule has 0 unspecified atom stereocenters. The van der Waals surface area contributed by atoms with E-state index in [-0.39, 0.29) is 0 Å². The number of rotatable bonds is 2. The zero-order valence-electron chi connectivity index (χ0n) is 8.20. The van der Waals surface area contributed by atoms with E-state index < -0.39 is 0 Å². The first-order valence-electron chi connectivity index (χ1n) is 4.39. The van der Waals surface area contributed by atoms with Gasteiger partial charge in [-0.3, -0.25) is 0 Å². The molecule has 0 saturated heterocycles. The molecular weight excluding hydrogens is 192 g/mol. The van der Waals surface area contributed by atoms with E-state index in [1.54, 1.807) is 4.68 Å². The van der Waals surface area contributed by atoms with Gasteiger partial charge in [0.2, 0.25) is 0 Å². The molecule has 0 aliphatic rings. The molecule has 6 nitrogen and oxygen atoms in total. The zero-order valence-corrected chi connectivity index (χ0v) is 8.20. The largest absolute Gasteiger partial charge is 0.323 e. The summed E-state index contributed by atoms with van der Waals surface area (Å²) in [4.78, 5) is 0. The number of aromatic nitrogens is 4. The number of hydrazone groups is 1. The molecule has 0 aliphatic carbocycles. The minimum absolute atomic E-state index is 0.768. The van der Waals surface area contributed by atoms with Crippen molar-refractivity contribution in [3.8, 4) is 5.69 Å². The summed E-state index contributed by atoms with van der Waals surface area (Å²) in [5.41, 5.74) is 2.59. The standard InChI is InChI=1S/C9H10N6/c1-7(12-10)8-3-2-4-9(5-8)15-6-11-13-14-15/h2-6H,10H2,1H3/b12-7-. The summed E-state index contributed by atoms with van der Waals surface area (Å²) in [7, 11) is 0. The Labute approximate surface area is 86.4 Å². The van der Waals surface area contributed by atoms with Crippen molar-refractivity contribution in [3.05, 3.63) is 36.2 Å². The SMILES string of the molecule is C/C(=N/N)c1cccc(-n2cnnn2)c1. The van der Waals surface area contributed by atoms with Crippen molar-refractivity contribution < 1.29 is 0 Å². The van der Waals surface area contributed by atoms with E-state index in [4.69, 9.17) is 5.84 Å². The third-order valence-corrected chi connectivity index (χ3v) is 2.07. The van der Waals surface area contributed by atoms with E-state index in [2.05, 4.69) is 20.6 Å². The average Bonchev–Trinajstić information content (AvgIpc) is 2.82. The molecule has 0 amide bonds. The monoisotopic (exact) mass is 202 g/mol. The van der Waals surface area contributed by atoms with Crippen LogP contribution in [0, 0.1) is 0 Å². The first kappa shape index (κ1) is 9.32. The van der Waals surface area contributed by atoms with Gasteiger partial charge in [-0.2, -0.15) is 5.10 Å². The van der Waals surface area contributed by atoms with Crippen molar-refractivity contribution in [3.63, 3.8) is 0 Å². The van der Waals surface area contributed by atoms with Crippen LogP contribution in [0.15, 0.2) is 35.7 Å². The fourth-order valence-corrected chi connectivity index (χ4v) is 1.23. The van der Waals surface area contributed by atoms with Crippen LogP contribution < -0.4 is 5.84 Å². The summed E-state index contributed by atoms with van der Waals surface area (Å²) in [5, 5.41) is 14.6. The van der Waals surface area contributed by atoms with Crippen LogP contribution in [-0.2, 0) is 0 Å². The second-order valence-corrected chi connectivity index (χ2v) is 3.02. The normalized spacial score (nSPS) is 11.7. The van der Waals surface area contributed by atoms with E-state index >= 15 is 0 Å². The molecule has 1 aromatic heterocycles. The van der Waals surface area contributed by atoms with Crippen molar-refractivity contribution in [1.82, 2.24) is 20.2 Å². The van der Waals surface area contributed by atoms with Gasteiger partial charge in [-0.1, -0.05) is 12.1 Å². The molecule has 0 spiro atoms. The molecule has 1 aromatic carbocycles. The van der Waals surface area contributed by atoms with Crippen LogP contribution in [0.2, 0.25) is 0 Å². The van der Waals surface area contributed by atoms with Crippen molar-refractivity contribution in [2.45, 2.75) is 6.92 Å². The van der Waals surface area contributed by atoms with Gasteiger partial charge in [-0.05, 0) is 35.0 Å². The Kier molecular flexibility index (Phi) is 2.40. The fraction of sp³-hybridized carbons (Fsp3) is 0.111. The second-order valence-electron chi connectivity index (χ2n) is 3.02. The molecule has 6 heteroatoms. The first-order chi connectivity index (χ1) is 7.31. The zero-order chi connectivity index (χ0) is 10.7. The summed E-state index contributed by atoms with van der Waals surface area (Å²) < 4.78 is 1.58. The third-order valence-electron chi connectivity index (χ3n) is 2.07. The van der Waals surface area contributed by atoms with Gasteiger partial charge >= 0.3 is 0 Å². The van der Waals surface area contributed by atoms with Gasteiger partial charge in [0.05, 0.1) is 11.4 Å². The Morgan fingerprint density at radius 2 is 2.33 bits per heavy atom. The third kappa shape index (κ3) is 1.83. The molecule has 76 valence electrons. The molecule has 0 saturated carbocycles. The van der Waals surface area contributed by atoms with E-state index in [1.807, 2.05) is 31.2 Å². The van der Waals surface area contributed by atoms with Crippen molar-refractivity contribution in [2.75, 3.05) is 0 Å². The van der Waals surface area contributed by atoms with Crippen molar-refractivity contribution in [1.29, 1.82) is 0 Å². The highest BCUT2D eigenvalue weighted by molar-refractivity contribution is 5.98. The minimum atomic E-state index is 0.768. The lowest BCUT2D eigenvalue weighted by molar-refractivity contribution is 0.789. The molecule has 1 heterocycles. The second kappa shape index (κ2) is 3.87. The van der Waals surface area contributed by atoms with Crippen LogP contribution in [0.25, 0.3) is 5.69 Å². The maximum absolute atomic E-state index is 5.21. The molecular formula is C9H10N6. The van der Waals surface area contributed by atoms with Gasteiger partial charge in [-0.15, -0.1) is 5.10 Å². The lowest BCUT2D eigenvalue weighted by atomic mass is 10.1. The average molecular weight is 202 g/mol. The van der Waals surface area contributed by atoms with Gasteiger partial charge in [0.1, 0.15) is 6.33 Å². The molecule has 15 heavy (non-hydrogen) atoms. The van der Waals surface area contributed by atoms with Crippen LogP contribution in [-0.4, -0.2) is 25.9 Å². The Morgan fingerprint density at radius 3 is 3.00 bits per heavy atom. The first-order valence-corrected chi connectivity index (χ1v) is 4.39. The van der Waals surface area contributed by atoms with Crippen molar-refractivity contribution >= 4 is 5.71 Å². The lowest BCUT2D eigenvalue weighted by Crippen LogP contribution is -2.01. The maximum Gasteiger partial charge on any atom is 0.143 e. The Balaban J connectivity index is 2.44. The fourth-order valence-electron chi connectivity index (χ4n) is 1.23. The summed E-state index contributed by atoms with van der Waals surface area (Å²) in [6.07, 6.45) is 1.54. The van der Waals surface area contributed by atoms with Crippen molar-refractivity contribution in [2.24, 2.45) is 10.9 Å². The number of benzene rings is 1. The minimum Gasteiger partial charge on any atom is -0.323 e. The number of hydrogen-bond acceptors (Lipinski definition) is 5. The van der Waals surface area contributed by atoms with Crippen LogP contribution in [0.4, 0.5) is 0 Å². The van der Waals surface area contributed by atoms with Gasteiger partial charge in [0.15, 0.2) is 0 Å². The molecule has 2 rings (SSSR count). The predicted octanol–water partition coefficient (Wildman–Crippen LogP) is 0.345. The quantitative estimate of drug-likeness (QED) is 0.432. The van der Waals surface area contributed by atoms with Gasteiger partial charge in [-0.25, -0.2) is 4.68 Å². The maximum atomic E-state index is 5.21. The summed E-state index contributed by atoms with van der Waals surface area (Å²) in [6.45, 7) is 1.85. The van der Waals surface area contributed by atoms with Crippen LogP contribution >= 0.6 is 0 Å². The summed E-state index contributed by atoms with van der Waals surface area (Å²) in [5.74, 6) is 5.21. The van der Waals surface area contributed by atoms with E-state index in [0.29, 0.717) is 0 Å². The summed E-state index contributed by atoms with van der Waals surface area (Å²) >= 11 is 0. The predicted molar refractivity (Wildman–Crippen MR) is 55.6 cm³/mol. The van der Waals surface area contributed by atoms with E-state index in [9.17, 15) is 0 Å².